The Morgan fingerprint density at radius 1 is 1.09 bits per heavy atom. The van der Waals surface area contributed by atoms with E-state index in [1.165, 1.54) is 4.90 Å². The van der Waals surface area contributed by atoms with Crippen molar-refractivity contribution in [1.82, 2.24) is 9.80 Å². The number of para-hydroxylation sites is 1. The highest BCUT2D eigenvalue weighted by Crippen LogP contribution is 2.42. The molecule has 1 fully saturated rings. The minimum Gasteiger partial charge on any atom is -0.507 e. The number of methoxy groups -OCH3 is 1. The van der Waals surface area contributed by atoms with Gasteiger partial charge in [0.2, 0.25) is 0 Å². The maximum atomic E-state index is 13.2. The number of ether oxygens (including phenoxy) is 2. The quantitative estimate of drug-likeness (QED) is 0.323. The molecule has 3 rings (SSSR count). The summed E-state index contributed by atoms with van der Waals surface area (Å²) in [6, 6.07) is 13.4. The van der Waals surface area contributed by atoms with Crippen LogP contribution < -0.4 is 9.47 Å². The summed E-state index contributed by atoms with van der Waals surface area (Å²) in [6.07, 6.45) is 0.688. The fourth-order valence-corrected chi connectivity index (χ4v) is 4.01. The molecule has 1 aliphatic rings. The van der Waals surface area contributed by atoms with Crippen molar-refractivity contribution in [3.63, 3.8) is 0 Å². The van der Waals surface area contributed by atoms with Crippen molar-refractivity contribution in [2.45, 2.75) is 26.3 Å². The van der Waals surface area contributed by atoms with E-state index in [1.54, 1.807) is 37.4 Å². The molecule has 7 heteroatoms. The molecule has 0 unspecified atom stereocenters. The van der Waals surface area contributed by atoms with Crippen LogP contribution in [0.3, 0.4) is 0 Å². The molecule has 34 heavy (non-hydrogen) atoms. The zero-order valence-electron chi connectivity index (χ0n) is 20.6. The van der Waals surface area contributed by atoms with Crippen molar-refractivity contribution >= 4 is 17.4 Å². The lowest BCUT2D eigenvalue weighted by Gasteiger charge is -2.27. The van der Waals surface area contributed by atoms with Gasteiger partial charge >= 0.3 is 0 Å². The summed E-state index contributed by atoms with van der Waals surface area (Å²) in [6.45, 7) is 5.85. The van der Waals surface area contributed by atoms with Gasteiger partial charge in [-0.3, -0.25) is 9.59 Å². The number of carbonyl (C=O) groups excluding carboxylic acids is 2. The van der Waals surface area contributed by atoms with Crippen molar-refractivity contribution in [3.8, 4) is 11.5 Å². The molecule has 2 aromatic rings. The van der Waals surface area contributed by atoms with Crippen LogP contribution in [0, 0.1) is 5.92 Å². The standard InChI is InChI=1S/C27H34N2O5/c1-18(2)17-34-20-13-11-19(12-14-20)25(30)23-24(21-9-6-7-10-22(21)33-5)29(27(32)26(23)31)16-8-15-28(3)4/h6-7,9-14,18,24,30H,8,15-17H2,1-5H3/b25-23+/t24-/m1/s1. The number of likely N-dealkylation sites (tertiary alicyclic amines) is 1. The van der Waals surface area contributed by atoms with Crippen molar-refractivity contribution in [3.05, 3.63) is 65.2 Å². The van der Waals surface area contributed by atoms with Gasteiger partial charge in [0.25, 0.3) is 11.7 Å². The van der Waals surface area contributed by atoms with Crippen LogP contribution in [0.1, 0.15) is 37.4 Å². The minimum atomic E-state index is -0.741. The molecule has 7 nitrogen and oxygen atoms in total. The molecule has 0 aromatic heterocycles. The number of Topliss-reactive ketones (excluding diaryl/α,β-unsaturated/α-hetero) is 1. The first-order valence-corrected chi connectivity index (χ1v) is 11.5. The topological polar surface area (TPSA) is 79.3 Å². The van der Waals surface area contributed by atoms with Crippen LogP contribution in [-0.2, 0) is 9.59 Å². The predicted molar refractivity (Wildman–Crippen MR) is 132 cm³/mol. The second-order valence-electron chi connectivity index (χ2n) is 9.12. The van der Waals surface area contributed by atoms with E-state index in [2.05, 4.69) is 13.8 Å². The van der Waals surface area contributed by atoms with E-state index < -0.39 is 17.7 Å². The summed E-state index contributed by atoms with van der Waals surface area (Å²) >= 11 is 0. The Kier molecular flexibility index (Phi) is 8.34. The van der Waals surface area contributed by atoms with E-state index in [4.69, 9.17) is 9.47 Å². The lowest BCUT2D eigenvalue weighted by Crippen LogP contribution is -2.32. The van der Waals surface area contributed by atoms with Crippen LogP contribution in [0.15, 0.2) is 54.1 Å². The number of nitrogens with zero attached hydrogens (tertiary/aromatic N) is 2. The molecule has 1 aliphatic heterocycles. The third kappa shape index (κ3) is 5.59. The van der Waals surface area contributed by atoms with Crippen LogP contribution >= 0.6 is 0 Å². The van der Waals surface area contributed by atoms with E-state index in [9.17, 15) is 14.7 Å². The number of aliphatic hydroxyl groups excluding tert-OH is 1. The Morgan fingerprint density at radius 3 is 2.38 bits per heavy atom. The van der Waals surface area contributed by atoms with Gasteiger partial charge in [0, 0.05) is 17.7 Å². The fraction of sp³-hybridized carbons (Fsp3) is 0.407. The Morgan fingerprint density at radius 2 is 1.76 bits per heavy atom. The van der Waals surface area contributed by atoms with Gasteiger partial charge in [-0.2, -0.15) is 0 Å². The largest absolute Gasteiger partial charge is 0.507 e. The van der Waals surface area contributed by atoms with Gasteiger partial charge in [0.05, 0.1) is 25.3 Å². The molecule has 0 aliphatic carbocycles. The summed E-state index contributed by atoms with van der Waals surface area (Å²) in [5, 5.41) is 11.2. The predicted octanol–water partition coefficient (Wildman–Crippen LogP) is 4.10. The number of rotatable bonds is 10. The monoisotopic (exact) mass is 466 g/mol. The van der Waals surface area contributed by atoms with Crippen molar-refractivity contribution in [1.29, 1.82) is 0 Å². The van der Waals surface area contributed by atoms with Crippen LogP contribution in [0.25, 0.3) is 5.76 Å². The van der Waals surface area contributed by atoms with Gasteiger partial charge in [-0.1, -0.05) is 32.0 Å². The SMILES string of the molecule is COc1ccccc1[C@@H]1/C(=C(\O)c2ccc(OCC(C)C)cc2)C(=O)C(=O)N1CCCN(C)C. The summed E-state index contributed by atoms with van der Waals surface area (Å²) in [5.41, 5.74) is 1.17. The van der Waals surface area contributed by atoms with Crippen LogP contribution in [0.2, 0.25) is 0 Å². The Hall–Kier alpha value is -3.32. The molecule has 1 N–H and O–H groups in total. The highest BCUT2D eigenvalue weighted by Gasteiger charge is 2.46. The Balaban J connectivity index is 2.04. The summed E-state index contributed by atoms with van der Waals surface area (Å²) in [5.74, 6) is 0.0923. The van der Waals surface area contributed by atoms with Gasteiger partial charge < -0.3 is 24.4 Å². The molecule has 1 saturated heterocycles. The van der Waals surface area contributed by atoms with Gasteiger partial charge in [-0.05, 0) is 63.3 Å². The summed E-state index contributed by atoms with van der Waals surface area (Å²) < 4.78 is 11.3. The summed E-state index contributed by atoms with van der Waals surface area (Å²) in [4.78, 5) is 29.8. The maximum absolute atomic E-state index is 13.2. The zero-order chi connectivity index (χ0) is 24.8. The molecule has 0 radical (unpaired) electrons. The molecule has 182 valence electrons. The highest BCUT2D eigenvalue weighted by molar-refractivity contribution is 6.46. The number of ketones is 1. The van der Waals surface area contributed by atoms with E-state index >= 15 is 0 Å². The molecule has 2 aromatic carbocycles. The Labute approximate surface area is 201 Å². The van der Waals surface area contributed by atoms with E-state index in [-0.39, 0.29) is 11.3 Å². The minimum absolute atomic E-state index is 0.0650. The maximum Gasteiger partial charge on any atom is 0.295 e. The van der Waals surface area contributed by atoms with E-state index in [1.807, 2.05) is 37.2 Å². The van der Waals surface area contributed by atoms with Gasteiger partial charge in [-0.15, -0.1) is 0 Å². The first-order valence-electron chi connectivity index (χ1n) is 11.5. The number of hydrogen-bond acceptors (Lipinski definition) is 6. The normalized spacial score (nSPS) is 17.6. The van der Waals surface area contributed by atoms with Crippen LogP contribution in [0.4, 0.5) is 0 Å². The second kappa shape index (κ2) is 11.2. The van der Waals surface area contributed by atoms with Crippen LogP contribution in [0.5, 0.6) is 11.5 Å². The van der Waals surface area contributed by atoms with Gasteiger partial charge in [0.15, 0.2) is 0 Å². The van der Waals surface area contributed by atoms with E-state index in [0.717, 1.165) is 6.54 Å². The smallest absolute Gasteiger partial charge is 0.295 e. The zero-order valence-corrected chi connectivity index (χ0v) is 20.6. The number of aliphatic hydroxyl groups is 1. The molecule has 1 atom stereocenters. The highest BCUT2D eigenvalue weighted by atomic mass is 16.5. The number of hydrogen-bond donors (Lipinski definition) is 1. The number of benzene rings is 2. The van der Waals surface area contributed by atoms with Gasteiger partial charge in [-0.25, -0.2) is 0 Å². The molecule has 0 saturated carbocycles. The third-order valence-corrected chi connectivity index (χ3v) is 5.69. The second-order valence-corrected chi connectivity index (χ2v) is 9.12. The third-order valence-electron chi connectivity index (χ3n) is 5.69. The van der Waals surface area contributed by atoms with Crippen molar-refractivity contribution < 1.29 is 24.2 Å². The Bertz CT molecular complexity index is 1040. The average Bonchev–Trinajstić information content (AvgIpc) is 3.07. The first kappa shape index (κ1) is 25.3. The number of carbonyl (C=O) groups is 2. The molecule has 0 spiro atoms. The van der Waals surface area contributed by atoms with Gasteiger partial charge in [0.1, 0.15) is 17.3 Å². The number of amides is 1. The first-order chi connectivity index (χ1) is 16.2. The van der Waals surface area contributed by atoms with Crippen LogP contribution in [-0.4, -0.2) is 67.5 Å². The van der Waals surface area contributed by atoms with Crippen molar-refractivity contribution in [2.75, 3.05) is 40.9 Å². The molecule has 0 bridgehead atoms. The molecule has 1 heterocycles. The lowest BCUT2D eigenvalue weighted by molar-refractivity contribution is -0.140. The molecule has 1 amide bonds. The summed E-state index contributed by atoms with van der Waals surface area (Å²) in [7, 11) is 5.47. The lowest BCUT2D eigenvalue weighted by atomic mass is 9.94. The molecular weight excluding hydrogens is 432 g/mol. The molecular formula is C27H34N2O5. The van der Waals surface area contributed by atoms with Crippen molar-refractivity contribution in [2.24, 2.45) is 5.92 Å². The average molecular weight is 467 g/mol. The van der Waals surface area contributed by atoms with E-state index in [0.29, 0.717) is 48.1 Å². The fourth-order valence-electron chi connectivity index (χ4n) is 4.01.